The van der Waals surface area contributed by atoms with E-state index in [4.69, 9.17) is 20.2 Å². The number of hydrogen-bond donors (Lipinski definition) is 0. The third kappa shape index (κ3) is 3.37. The highest BCUT2D eigenvalue weighted by atomic mass is 35.7. The van der Waals surface area contributed by atoms with Crippen LogP contribution in [0.15, 0.2) is 17.0 Å². The van der Waals surface area contributed by atoms with Gasteiger partial charge in [0.15, 0.2) is 11.5 Å². The first-order valence-electron chi connectivity index (χ1n) is 6.55. The van der Waals surface area contributed by atoms with Gasteiger partial charge in [0.25, 0.3) is 9.05 Å². The Morgan fingerprint density at radius 3 is 2.45 bits per heavy atom. The van der Waals surface area contributed by atoms with E-state index in [9.17, 15) is 8.42 Å². The first-order chi connectivity index (χ1) is 9.45. The Bertz CT molecular complexity index is 584. The number of benzene rings is 1. The molecule has 7 heteroatoms. The average Bonchev–Trinajstić information content (AvgIpc) is 2.42. The molecule has 0 spiro atoms. The van der Waals surface area contributed by atoms with Crippen molar-refractivity contribution in [1.29, 1.82) is 0 Å². The second kappa shape index (κ2) is 6.20. The third-order valence-corrected chi connectivity index (χ3v) is 4.56. The highest BCUT2D eigenvalue weighted by Gasteiger charge is 2.25. The Kier molecular flexibility index (Phi) is 4.78. The van der Waals surface area contributed by atoms with Crippen molar-refractivity contribution in [3.05, 3.63) is 17.7 Å². The number of fused-ring (bicyclic) bond motifs is 1. The monoisotopic (exact) mass is 319 g/mol. The lowest BCUT2D eigenvalue weighted by molar-refractivity contribution is 0.166. The smallest absolute Gasteiger partial charge is 0.265 e. The van der Waals surface area contributed by atoms with E-state index in [1.807, 2.05) is 6.07 Å². The van der Waals surface area contributed by atoms with Crippen LogP contribution in [0.3, 0.4) is 0 Å². The lowest BCUT2D eigenvalue weighted by atomic mass is 10.1. The van der Waals surface area contributed by atoms with Crippen molar-refractivity contribution in [2.24, 2.45) is 0 Å². The summed E-state index contributed by atoms with van der Waals surface area (Å²) in [6, 6.07) is 3.38. The summed E-state index contributed by atoms with van der Waals surface area (Å²) in [6.45, 7) is 7.25. The molecule has 5 nitrogen and oxygen atoms in total. The van der Waals surface area contributed by atoms with Crippen LogP contribution in [-0.4, -0.2) is 39.6 Å². The zero-order valence-electron chi connectivity index (χ0n) is 11.6. The van der Waals surface area contributed by atoms with Crippen LogP contribution in [0, 0.1) is 0 Å². The van der Waals surface area contributed by atoms with Crippen LogP contribution in [0.2, 0.25) is 0 Å². The summed E-state index contributed by atoms with van der Waals surface area (Å²) in [5.41, 5.74) is 0.845. The van der Waals surface area contributed by atoms with Gasteiger partial charge in [-0.05, 0) is 30.8 Å². The summed E-state index contributed by atoms with van der Waals surface area (Å²) in [5.74, 6) is 0.662. The molecule has 0 bridgehead atoms. The molecule has 112 valence electrons. The van der Waals surface area contributed by atoms with Gasteiger partial charge in [-0.2, -0.15) is 0 Å². The molecule has 0 saturated heterocycles. The van der Waals surface area contributed by atoms with Crippen molar-refractivity contribution in [2.75, 3.05) is 26.3 Å². The molecular formula is C13H18ClNO4S. The van der Waals surface area contributed by atoms with Gasteiger partial charge in [-0.3, -0.25) is 4.90 Å². The number of nitrogens with zero attached hydrogens (tertiary/aromatic N) is 1. The van der Waals surface area contributed by atoms with Crippen LogP contribution >= 0.6 is 10.7 Å². The number of hydrogen-bond acceptors (Lipinski definition) is 5. The summed E-state index contributed by atoms with van der Waals surface area (Å²) in [4.78, 5) is 2.16. The molecule has 1 aliphatic heterocycles. The highest BCUT2D eigenvalue weighted by molar-refractivity contribution is 8.13. The normalized spacial score (nSPS) is 14.6. The van der Waals surface area contributed by atoms with Gasteiger partial charge in [-0.1, -0.05) is 13.8 Å². The summed E-state index contributed by atoms with van der Waals surface area (Å²) in [6.07, 6.45) is 0. The minimum atomic E-state index is -3.87. The zero-order chi connectivity index (χ0) is 14.8. The van der Waals surface area contributed by atoms with Crippen LogP contribution in [-0.2, 0) is 15.6 Å². The van der Waals surface area contributed by atoms with Gasteiger partial charge in [0, 0.05) is 17.2 Å². The Morgan fingerprint density at radius 2 is 1.85 bits per heavy atom. The van der Waals surface area contributed by atoms with Crippen molar-refractivity contribution >= 4 is 19.7 Å². The second-order valence-corrected chi connectivity index (χ2v) is 7.05. The average molecular weight is 320 g/mol. The first kappa shape index (κ1) is 15.4. The largest absolute Gasteiger partial charge is 0.486 e. The van der Waals surface area contributed by atoms with Gasteiger partial charge in [0.2, 0.25) is 0 Å². The van der Waals surface area contributed by atoms with E-state index in [1.165, 1.54) is 0 Å². The van der Waals surface area contributed by atoms with Crippen LogP contribution in [0.1, 0.15) is 19.4 Å². The molecule has 0 aliphatic carbocycles. The maximum Gasteiger partial charge on any atom is 0.265 e. The van der Waals surface area contributed by atoms with E-state index < -0.39 is 9.05 Å². The minimum Gasteiger partial charge on any atom is -0.486 e. The van der Waals surface area contributed by atoms with Crippen molar-refractivity contribution in [2.45, 2.75) is 25.3 Å². The number of halogens is 1. The zero-order valence-corrected chi connectivity index (χ0v) is 13.1. The molecule has 0 N–H and O–H groups in total. The fourth-order valence-corrected chi connectivity index (χ4v) is 3.17. The third-order valence-electron chi connectivity index (χ3n) is 3.23. The molecule has 0 unspecified atom stereocenters. The Hall–Kier alpha value is -0.980. The lowest BCUT2D eigenvalue weighted by Gasteiger charge is -2.23. The maximum atomic E-state index is 11.7. The molecule has 0 aromatic heterocycles. The number of ether oxygens (including phenoxy) is 2. The van der Waals surface area contributed by atoms with Crippen LogP contribution < -0.4 is 9.47 Å². The quantitative estimate of drug-likeness (QED) is 0.779. The summed E-state index contributed by atoms with van der Waals surface area (Å²) >= 11 is 0. The van der Waals surface area contributed by atoms with E-state index >= 15 is 0 Å². The Labute approximate surface area is 123 Å². The van der Waals surface area contributed by atoms with Crippen molar-refractivity contribution < 1.29 is 17.9 Å². The number of rotatable bonds is 5. The topological polar surface area (TPSA) is 55.8 Å². The van der Waals surface area contributed by atoms with Crippen molar-refractivity contribution in [3.8, 4) is 11.5 Å². The van der Waals surface area contributed by atoms with E-state index in [2.05, 4.69) is 18.7 Å². The maximum absolute atomic E-state index is 11.7. The van der Waals surface area contributed by atoms with Crippen LogP contribution in [0.25, 0.3) is 0 Å². The highest BCUT2D eigenvalue weighted by Crippen LogP contribution is 2.39. The molecule has 0 amide bonds. The summed E-state index contributed by atoms with van der Waals surface area (Å²) < 4.78 is 34.3. The molecule has 1 heterocycles. The van der Waals surface area contributed by atoms with Crippen LogP contribution in [0.4, 0.5) is 0 Å². The van der Waals surface area contributed by atoms with E-state index in [0.29, 0.717) is 25.5 Å². The van der Waals surface area contributed by atoms with Crippen LogP contribution in [0.5, 0.6) is 11.5 Å². The molecule has 0 fully saturated rings. The molecule has 1 aliphatic rings. The Morgan fingerprint density at radius 1 is 1.20 bits per heavy atom. The first-order valence-corrected chi connectivity index (χ1v) is 8.86. The van der Waals surface area contributed by atoms with Gasteiger partial charge in [-0.25, -0.2) is 8.42 Å². The molecule has 0 saturated carbocycles. The fraction of sp³-hybridized carbons (Fsp3) is 0.538. The van der Waals surface area contributed by atoms with Crippen molar-refractivity contribution in [1.82, 2.24) is 4.90 Å². The van der Waals surface area contributed by atoms with Gasteiger partial charge in [-0.15, -0.1) is 0 Å². The second-order valence-electron chi connectivity index (χ2n) is 4.52. The molecule has 20 heavy (non-hydrogen) atoms. The predicted octanol–water partition coefficient (Wildman–Crippen LogP) is 2.23. The Balaban J connectivity index is 2.45. The fourth-order valence-electron chi connectivity index (χ4n) is 2.15. The molecule has 1 aromatic rings. The summed E-state index contributed by atoms with van der Waals surface area (Å²) in [7, 11) is 1.63. The molecule has 0 radical (unpaired) electrons. The van der Waals surface area contributed by atoms with Crippen molar-refractivity contribution in [3.63, 3.8) is 0 Å². The van der Waals surface area contributed by atoms with Gasteiger partial charge in [0.05, 0.1) is 0 Å². The van der Waals surface area contributed by atoms with E-state index in [-0.39, 0.29) is 10.6 Å². The van der Waals surface area contributed by atoms with Gasteiger partial charge in [0.1, 0.15) is 18.1 Å². The SMILES string of the molecule is CCN(CC)Cc1cc2c(c(S(=O)(=O)Cl)c1)OCCO2. The summed E-state index contributed by atoms with van der Waals surface area (Å²) in [5, 5.41) is 0. The standard InChI is InChI=1S/C13H18ClNO4S/c1-3-15(4-2)9-10-7-11-13(19-6-5-18-11)12(8-10)20(14,16)17/h7-8H,3-6,9H2,1-2H3. The molecule has 1 aromatic carbocycles. The van der Waals surface area contributed by atoms with Gasteiger partial charge >= 0.3 is 0 Å². The lowest BCUT2D eigenvalue weighted by Crippen LogP contribution is -2.23. The molecule has 0 atom stereocenters. The molecule has 2 rings (SSSR count). The van der Waals surface area contributed by atoms with E-state index in [0.717, 1.165) is 18.7 Å². The molecular weight excluding hydrogens is 302 g/mol. The van der Waals surface area contributed by atoms with Gasteiger partial charge < -0.3 is 9.47 Å². The predicted molar refractivity (Wildman–Crippen MR) is 77.1 cm³/mol. The van der Waals surface area contributed by atoms with E-state index in [1.54, 1.807) is 6.07 Å². The minimum absolute atomic E-state index is 0.0153.